The van der Waals surface area contributed by atoms with Crippen LogP contribution in [0.3, 0.4) is 0 Å². The molecular weight excluding hydrogens is 825 g/mol. The number of anilines is 3. The molecule has 11 aromatic carbocycles. The summed E-state index contributed by atoms with van der Waals surface area (Å²) in [6.45, 7) is 0. The lowest BCUT2D eigenvalue weighted by atomic mass is 9.64. The molecule has 0 N–H and O–H groups in total. The van der Waals surface area contributed by atoms with Gasteiger partial charge in [-0.25, -0.2) is 15.0 Å². The summed E-state index contributed by atoms with van der Waals surface area (Å²) in [6.07, 6.45) is 0. The number of rotatable bonds is 5. The average molecular weight is 865 g/mol. The first-order chi connectivity index (χ1) is 33.8. The molecule has 0 bridgehead atoms. The van der Waals surface area contributed by atoms with Crippen LogP contribution >= 0.6 is 0 Å². The quantitative estimate of drug-likeness (QED) is 0.162. The van der Waals surface area contributed by atoms with E-state index < -0.39 is 5.41 Å². The van der Waals surface area contributed by atoms with Gasteiger partial charge in [0.15, 0.2) is 17.5 Å². The van der Waals surface area contributed by atoms with Crippen LogP contribution in [0.15, 0.2) is 243 Å². The molecule has 4 heteroatoms. The van der Waals surface area contributed by atoms with E-state index in [1.54, 1.807) is 0 Å². The zero-order chi connectivity index (χ0) is 44.8. The van der Waals surface area contributed by atoms with Crippen LogP contribution in [0.2, 0.25) is 0 Å². The Morgan fingerprint density at radius 2 is 0.735 bits per heavy atom. The van der Waals surface area contributed by atoms with Crippen LogP contribution in [-0.4, -0.2) is 15.0 Å². The predicted octanol–water partition coefficient (Wildman–Crippen LogP) is 16.1. The molecule has 1 aliphatic heterocycles. The highest BCUT2D eigenvalue weighted by atomic mass is 15.2. The second kappa shape index (κ2) is 15.0. The van der Waals surface area contributed by atoms with Gasteiger partial charge in [-0.1, -0.05) is 212 Å². The van der Waals surface area contributed by atoms with Crippen LogP contribution in [0.5, 0.6) is 0 Å². The number of hydrogen-bond donors (Lipinski definition) is 0. The van der Waals surface area contributed by atoms with Crippen molar-refractivity contribution in [2.75, 3.05) is 4.90 Å². The molecule has 2 heterocycles. The van der Waals surface area contributed by atoms with Crippen LogP contribution in [0.1, 0.15) is 22.3 Å². The molecule has 0 atom stereocenters. The number of benzene rings is 11. The van der Waals surface area contributed by atoms with Gasteiger partial charge < -0.3 is 4.90 Å². The SMILES string of the molecule is c1ccc(-c2nc(-c3ccc4c5ccccc5c5ccccc5c4c3)nc(-c3ccccc3-c3cccc4c3-c3ccccc3C43c4ccccc4N(c4ccccc4)c4ccccc43)n2)cc1. The maximum absolute atomic E-state index is 5.42. The van der Waals surface area contributed by atoms with Crippen molar-refractivity contribution in [2.45, 2.75) is 5.41 Å². The molecule has 2 aliphatic rings. The van der Waals surface area contributed by atoms with Crippen molar-refractivity contribution in [2.24, 2.45) is 0 Å². The molecule has 1 spiro atoms. The maximum Gasteiger partial charge on any atom is 0.164 e. The molecule has 0 fully saturated rings. The molecule has 68 heavy (non-hydrogen) atoms. The van der Waals surface area contributed by atoms with Crippen LogP contribution in [0.4, 0.5) is 17.1 Å². The van der Waals surface area contributed by atoms with E-state index in [-0.39, 0.29) is 0 Å². The molecule has 0 amide bonds. The van der Waals surface area contributed by atoms with Gasteiger partial charge in [-0.05, 0) is 107 Å². The van der Waals surface area contributed by atoms with Crippen LogP contribution in [-0.2, 0) is 5.41 Å². The van der Waals surface area contributed by atoms with E-state index >= 15 is 0 Å². The van der Waals surface area contributed by atoms with Crippen molar-refractivity contribution in [1.82, 2.24) is 15.0 Å². The van der Waals surface area contributed by atoms with Gasteiger partial charge in [-0.2, -0.15) is 0 Å². The van der Waals surface area contributed by atoms with Gasteiger partial charge in [0.25, 0.3) is 0 Å². The minimum Gasteiger partial charge on any atom is -0.310 e. The molecule has 0 saturated heterocycles. The highest BCUT2D eigenvalue weighted by Crippen LogP contribution is 2.64. The summed E-state index contributed by atoms with van der Waals surface area (Å²) in [7, 11) is 0. The summed E-state index contributed by atoms with van der Waals surface area (Å²) in [5.41, 5.74) is 15.4. The first kappa shape index (κ1) is 38.3. The normalized spacial score (nSPS) is 13.1. The molecular formula is C64H40N4. The summed E-state index contributed by atoms with van der Waals surface area (Å²) in [6, 6.07) is 87.6. The van der Waals surface area contributed by atoms with Crippen LogP contribution in [0.25, 0.3) is 88.7 Å². The van der Waals surface area contributed by atoms with E-state index in [0.29, 0.717) is 17.5 Å². The van der Waals surface area contributed by atoms with E-state index in [1.807, 2.05) is 18.2 Å². The highest BCUT2D eigenvalue weighted by molar-refractivity contribution is 6.25. The van der Waals surface area contributed by atoms with Crippen molar-refractivity contribution in [3.8, 4) is 56.4 Å². The molecule has 14 rings (SSSR count). The Bertz CT molecular complexity index is 3910. The van der Waals surface area contributed by atoms with Gasteiger partial charge in [0.2, 0.25) is 0 Å². The van der Waals surface area contributed by atoms with Gasteiger partial charge in [-0.15, -0.1) is 0 Å². The van der Waals surface area contributed by atoms with Crippen molar-refractivity contribution in [3.05, 3.63) is 265 Å². The van der Waals surface area contributed by atoms with E-state index in [0.717, 1.165) is 33.5 Å². The molecule has 4 nitrogen and oxygen atoms in total. The number of aromatic nitrogens is 3. The molecule has 1 aliphatic carbocycles. The first-order valence-corrected chi connectivity index (χ1v) is 23.3. The Balaban J connectivity index is 0.998. The Kier molecular flexibility index (Phi) is 8.46. The van der Waals surface area contributed by atoms with Crippen LogP contribution < -0.4 is 4.90 Å². The smallest absolute Gasteiger partial charge is 0.164 e. The average Bonchev–Trinajstić information content (AvgIpc) is 3.72. The molecule has 0 radical (unpaired) electrons. The summed E-state index contributed by atoms with van der Waals surface area (Å²) < 4.78 is 0. The minimum absolute atomic E-state index is 0.582. The Hall–Kier alpha value is -8.99. The third kappa shape index (κ3) is 5.52. The van der Waals surface area contributed by atoms with Crippen molar-refractivity contribution >= 4 is 49.4 Å². The zero-order valence-corrected chi connectivity index (χ0v) is 36.9. The predicted molar refractivity (Wildman–Crippen MR) is 280 cm³/mol. The van der Waals surface area contributed by atoms with E-state index in [1.165, 1.54) is 77.1 Å². The Labute approximate surface area is 394 Å². The van der Waals surface area contributed by atoms with Crippen molar-refractivity contribution in [3.63, 3.8) is 0 Å². The zero-order valence-electron chi connectivity index (χ0n) is 36.9. The standard InChI is InChI=1S/C64H40N4/c1-3-20-41(21-4-1)61-65-62(42-38-39-49-46-26-8-7-24-44(46)45-25-9-10-27-47(45)53(49)40-42)67-63(66-61)51-29-12-11-28-48(51)50-31-19-35-57-60(50)52-30-13-14-32-54(52)64(57)55-33-15-17-36-58(55)68(43-22-5-2-6-23-43)59-37-18-16-34-56(59)64/h1-40H. The fraction of sp³-hybridized carbons (Fsp3) is 0.0156. The number of para-hydroxylation sites is 3. The summed E-state index contributed by atoms with van der Waals surface area (Å²) in [4.78, 5) is 18.4. The van der Waals surface area contributed by atoms with Gasteiger partial charge in [0.05, 0.1) is 16.8 Å². The monoisotopic (exact) mass is 864 g/mol. The first-order valence-electron chi connectivity index (χ1n) is 23.3. The van der Waals surface area contributed by atoms with Gasteiger partial charge >= 0.3 is 0 Å². The van der Waals surface area contributed by atoms with Gasteiger partial charge in [-0.3, -0.25) is 0 Å². The lowest BCUT2D eigenvalue weighted by molar-refractivity contribution is 0.753. The van der Waals surface area contributed by atoms with E-state index in [4.69, 9.17) is 15.0 Å². The number of nitrogens with zero attached hydrogens (tertiary/aromatic N) is 4. The molecule has 0 saturated carbocycles. The van der Waals surface area contributed by atoms with E-state index in [9.17, 15) is 0 Å². The summed E-state index contributed by atoms with van der Waals surface area (Å²) >= 11 is 0. The molecule has 0 unspecified atom stereocenters. The van der Waals surface area contributed by atoms with Crippen LogP contribution in [0, 0.1) is 0 Å². The maximum atomic E-state index is 5.42. The topological polar surface area (TPSA) is 41.9 Å². The second-order valence-electron chi connectivity index (χ2n) is 17.8. The van der Waals surface area contributed by atoms with Crippen molar-refractivity contribution in [1.29, 1.82) is 0 Å². The second-order valence-corrected chi connectivity index (χ2v) is 17.8. The lowest BCUT2D eigenvalue weighted by Crippen LogP contribution is -2.36. The Morgan fingerprint density at radius 3 is 1.40 bits per heavy atom. The fourth-order valence-electron chi connectivity index (χ4n) is 11.5. The van der Waals surface area contributed by atoms with Gasteiger partial charge in [0.1, 0.15) is 0 Å². The highest BCUT2D eigenvalue weighted by Gasteiger charge is 2.52. The molecule has 316 valence electrons. The van der Waals surface area contributed by atoms with E-state index in [2.05, 4.69) is 229 Å². The van der Waals surface area contributed by atoms with Crippen molar-refractivity contribution < 1.29 is 0 Å². The summed E-state index contributed by atoms with van der Waals surface area (Å²) in [5, 5.41) is 7.30. The third-order valence-corrected chi connectivity index (χ3v) is 14.3. The molecule has 12 aromatic rings. The minimum atomic E-state index is -0.582. The third-order valence-electron chi connectivity index (χ3n) is 14.3. The number of fused-ring (bicyclic) bond motifs is 15. The Morgan fingerprint density at radius 1 is 0.279 bits per heavy atom. The largest absolute Gasteiger partial charge is 0.310 e. The lowest BCUT2D eigenvalue weighted by Gasteiger charge is -2.45. The number of hydrogen-bond acceptors (Lipinski definition) is 4. The summed E-state index contributed by atoms with van der Waals surface area (Å²) in [5.74, 6) is 1.88. The molecule has 1 aromatic heterocycles. The fourth-order valence-corrected chi connectivity index (χ4v) is 11.5. The van der Waals surface area contributed by atoms with Gasteiger partial charge in [0, 0.05) is 22.4 Å².